The molecule has 0 radical (unpaired) electrons. The van der Waals surface area contributed by atoms with Gasteiger partial charge in [0, 0.05) is 17.3 Å². The highest BCUT2D eigenvalue weighted by Crippen LogP contribution is 2.30. The van der Waals surface area contributed by atoms with Crippen LogP contribution in [0.2, 0.25) is 5.02 Å². The fourth-order valence-electron chi connectivity index (χ4n) is 1.64. The van der Waals surface area contributed by atoms with Crippen LogP contribution in [-0.2, 0) is 4.74 Å². The second-order valence-electron chi connectivity index (χ2n) is 5.44. The Balaban J connectivity index is 2.14. The molecule has 2 aromatic rings. The number of rotatable bonds is 2. The molecule has 0 bridgehead atoms. The monoisotopic (exact) mass is 309 g/mol. The third kappa shape index (κ3) is 4.13. The van der Waals surface area contributed by atoms with Gasteiger partial charge >= 0.3 is 6.09 Å². The van der Waals surface area contributed by atoms with Crippen LogP contribution in [0.15, 0.2) is 28.8 Å². The number of hydrogen-bond acceptors (Lipinski definition) is 5. The molecule has 0 atom stereocenters. The Bertz CT molecular complexity index is 662. The van der Waals surface area contributed by atoms with Crippen molar-refractivity contribution >= 4 is 29.3 Å². The summed E-state index contributed by atoms with van der Waals surface area (Å²) >= 11 is 6.18. The molecule has 1 heterocycles. The molecule has 0 fully saturated rings. The van der Waals surface area contributed by atoms with Crippen molar-refractivity contribution in [2.24, 2.45) is 0 Å². The summed E-state index contributed by atoms with van der Waals surface area (Å²) in [6.45, 7) is 5.37. The van der Waals surface area contributed by atoms with Crippen LogP contribution in [0.1, 0.15) is 20.8 Å². The SMILES string of the molecule is CC(C)(C)OC(=O)Nc1ccc(-c2cc(N)on2)c(Cl)c1. The Morgan fingerprint density at radius 3 is 2.62 bits per heavy atom. The number of anilines is 2. The Hall–Kier alpha value is -2.21. The van der Waals surface area contributed by atoms with Gasteiger partial charge in [-0.25, -0.2) is 4.79 Å². The molecular weight excluding hydrogens is 294 g/mol. The number of nitrogens with zero attached hydrogens (tertiary/aromatic N) is 1. The lowest BCUT2D eigenvalue weighted by Gasteiger charge is -2.19. The zero-order chi connectivity index (χ0) is 15.6. The number of halogens is 1. The van der Waals surface area contributed by atoms with Crippen molar-refractivity contribution in [2.75, 3.05) is 11.1 Å². The summed E-state index contributed by atoms with van der Waals surface area (Å²) in [5, 5.41) is 6.81. The fraction of sp³-hybridized carbons (Fsp3) is 0.286. The van der Waals surface area contributed by atoms with Crippen LogP contribution >= 0.6 is 11.6 Å². The second-order valence-corrected chi connectivity index (χ2v) is 5.84. The van der Waals surface area contributed by atoms with Gasteiger partial charge in [-0.15, -0.1) is 0 Å². The van der Waals surface area contributed by atoms with Crippen LogP contribution in [0.5, 0.6) is 0 Å². The van der Waals surface area contributed by atoms with Crippen LogP contribution in [0, 0.1) is 0 Å². The Morgan fingerprint density at radius 1 is 1.38 bits per heavy atom. The van der Waals surface area contributed by atoms with E-state index >= 15 is 0 Å². The highest BCUT2D eigenvalue weighted by Gasteiger charge is 2.17. The van der Waals surface area contributed by atoms with E-state index in [-0.39, 0.29) is 5.88 Å². The molecule has 0 unspecified atom stereocenters. The number of amides is 1. The largest absolute Gasteiger partial charge is 0.444 e. The van der Waals surface area contributed by atoms with Gasteiger partial charge in [0.05, 0.1) is 5.02 Å². The summed E-state index contributed by atoms with van der Waals surface area (Å²) in [5.74, 6) is 0.206. The van der Waals surface area contributed by atoms with Crippen LogP contribution in [0.4, 0.5) is 16.4 Å². The molecule has 0 spiro atoms. The second kappa shape index (κ2) is 5.65. The molecule has 2 rings (SSSR count). The Morgan fingerprint density at radius 2 is 2.10 bits per heavy atom. The van der Waals surface area contributed by atoms with E-state index in [2.05, 4.69) is 10.5 Å². The molecule has 0 aliphatic rings. The molecule has 0 aliphatic carbocycles. The first kappa shape index (κ1) is 15.2. The van der Waals surface area contributed by atoms with Gasteiger partial charge in [-0.3, -0.25) is 5.32 Å². The van der Waals surface area contributed by atoms with E-state index in [0.29, 0.717) is 22.0 Å². The van der Waals surface area contributed by atoms with E-state index in [1.165, 1.54) is 0 Å². The maximum absolute atomic E-state index is 11.7. The van der Waals surface area contributed by atoms with Gasteiger partial charge in [-0.1, -0.05) is 16.8 Å². The van der Waals surface area contributed by atoms with Crippen molar-refractivity contribution in [2.45, 2.75) is 26.4 Å². The molecule has 1 aromatic carbocycles. The third-order valence-corrected chi connectivity index (χ3v) is 2.73. The molecular formula is C14H16ClN3O3. The van der Waals surface area contributed by atoms with Crippen molar-refractivity contribution in [1.82, 2.24) is 5.16 Å². The molecule has 0 saturated heterocycles. The highest BCUT2D eigenvalue weighted by atomic mass is 35.5. The van der Waals surface area contributed by atoms with E-state index in [1.54, 1.807) is 45.0 Å². The number of benzene rings is 1. The van der Waals surface area contributed by atoms with Gasteiger partial charge in [0.15, 0.2) is 0 Å². The minimum atomic E-state index is -0.563. The quantitative estimate of drug-likeness (QED) is 0.877. The average Bonchev–Trinajstić information content (AvgIpc) is 2.73. The maximum atomic E-state index is 11.7. The van der Waals surface area contributed by atoms with E-state index in [9.17, 15) is 4.79 Å². The standard InChI is InChI=1S/C14H16ClN3O3/c1-14(2,3)20-13(19)17-8-4-5-9(10(15)6-8)11-7-12(16)21-18-11/h4-7H,16H2,1-3H3,(H,17,19). The summed E-state index contributed by atoms with van der Waals surface area (Å²) in [7, 11) is 0. The van der Waals surface area contributed by atoms with Crippen LogP contribution in [0.25, 0.3) is 11.3 Å². The molecule has 3 N–H and O–H groups in total. The van der Waals surface area contributed by atoms with E-state index < -0.39 is 11.7 Å². The summed E-state index contributed by atoms with van der Waals surface area (Å²) < 4.78 is 9.97. The van der Waals surface area contributed by atoms with Gasteiger partial charge in [0.25, 0.3) is 0 Å². The highest BCUT2D eigenvalue weighted by molar-refractivity contribution is 6.33. The minimum Gasteiger partial charge on any atom is -0.444 e. The van der Waals surface area contributed by atoms with Crippen LogP contribution in [-0.4, -0.2) is 16.9 Å². The Labute approximate surface area is 127 Å². The number of aromatic nitrogens is 1. The Kier molecular flexibility index (Phi) is 4.09. The number of nitrogen functional groups attached to an aromatic ring is 1. The molecule has 1 aromatic heterocycles. The molecule has 7 heteroatoms. The van der Waals surface area contributed by atoms with Gasteiger partial charge in [0.2, 0.25) is 5.88 Å². The van der Waals surface area contributed by atoms with Crippen molar-refractivity contribution in [3.8, 4) is 11.3 Å². The molecule has 6 nitrogen and oxygen atoms in total. The number of ether oxygens (including phenoxy) is 1. The summed E-state index contributed by atoms with van der Waals surface area (Å²) in [4.78, 5) is 11.7. The lowest BCUT2D eigenvalue weighted by molar-refractivity contribution is 0.0636. The van der Waals surface area contributed by atoms with Gasteiger partial charge < -0.3 is 15.0 Å². The molecule has 1 amide bonds. The van der Waals surface area contributed by atoms with E-state index in [1.807, 2.05) is 0 Å². The zero-order valence-corrected chi connectivity index (χ0v) is 12.7. The van der Waals surface area contributed by atoms with Crippen molar-refractivity contribution in [3.63, 3.8) is 0 Å². The summed E-state index contributed by atoms with van der Waals surface area (Å²) in [5.41, 5.74) is 6.62. The molecule has 112 valence electrons. The topological polar surface area (TPSA) is 90.4 Å². The normalized spacial score (nSPS) is 11.2. The van der Waals surface area contributed by atoms with E-state index in [4.69, 9.17) is 26.6 Å². The molecule has 0 saturated carbocycles. The lowest BCUT2D eigenvalue weighted by atomic mass is 10.1. The smallest absolute Gasteiger partial charge is 0.412 e. The summed E-state index contributed by atoms with van der Waals surface area (Å²) in [6, 6.07) is 6.58. The van der Waals surface area contributed by atoms with Crippen molar-refractivity contribution in [3.05, 3.63) is 29.3 Å². The first-order chi connectivity index (χ1) is 9.74. The molecule has 0 aliphatic heterocycles. The lowest BCUT2D eigenvalue weighted by Crippen LogP contribution is -2.27. The zero-order valence-electron chi connectivity index (χ0n) is 11.9. The number of nitrogens with one attached hydrogen (secondary N) is 1. The van der Waals surface area contributed by atoms with Gasteiger partial charge in [0.1, 0.15) is 11.3 Å². The number of hydrogen-bond donors (Lipinski definition) is 2. The van der Waals surface area contributed by atoms with Gasteiger partial charge in [-0.05, 0) is 39.0 Å². The van der Waals surface area contributed by atoms with Crippen LogP contribution < -0.4 is 11.1 Å². The summed E-state index contributed by atoms with van der Waals surface area (Å²) in [6.07, 6.45) is -0.544. The number of nitrogens with two attached hydrogens (primary N) is 1. The van der Waals surface area contributed by atoms with Crippen molar-refractivity contribution in [1.29, 1.82) is 0 Å². The number of carbonyl (C=O) groups is 1. The predicted molar refractivity (Wildman–Crippen MR) is 81.2 cm³/mol. The maximum Gasteiger partial charge on any atom is 0.412 e. The van der Waals surface area contributed by atoms with Crippen molar-refractivity contribution < 1.29 is 14.1 Å². The molecule has 21 heavy (non-hydrogen) atoms. The van der Waals surface area contributed by atoms with Gasteiger partial charge in [-0.2, -0.15) is 0 Å². The number of carbonyl (C=O) groups excluding carboxylic acids is 1. The predicted octanol–water partition coefficient (Wildman–Crippen LogP) is 3.92. The van der Waals surface area contributed by atoms with Crippen LogP contribution in [0.3, 0.4) is 0 Å². The third-order valence-electron chi connectivity index (χ3n) is 2.42. The first-order valence-corrected chi connectivity index (χ1v) is 6.64. The fourth-order valence-corrected chi connectivity index (χ4v) is 1.92. The average molecular weight is 310 g/mol. The van der Waals surface area contributed by atoms with E-state index in [0.717, 1.165) is 0 Å². The first-order valence-electron chi connectivity index (χ1n) is 6.27. The minimum absolute atomic E-state index is 0.206.